The zero-order valence-corrected chi connectivity index (χ0v) is 9.36. The number of rotatable bonds is 3. The van der Waals surface area contributed by atoms with Gasteiger partial charge in [-0.1, -0.05) is 26.8 Å². The third-order valence-corrected chi connectivity index (χ3v) is 2.97. The molecule has 1 aromatic rings. The van der Waals surface area contributed by atoms with E-state index in [4.69, 9.17) is 10.2 Å². The SMILES string of the molecule is CCC(C)(C)c1ccc(O)c(C(O)O)c1. The van der Waals surface area contributed by atoms with Crippen LogP contribution in [-0.4, -0.2) is 15.3 Å². The smallest absolute Gasteiger partial charge is 0.182 e. The van der Waals surface area contributed by atoms with Crippen molar-refractivity contribution in [2.75, 3.05) is 0 Å². The first kappa shape index (κ1) is 12.0. The summed E-state index contributed by atoms with van der Waals surface area (Å²) in [6.45, 7) is 6.22. The molecule has 0 heterocycles. The number of hydrogen-bond donors (Lipinski definition) is 3. The predicted octanol–water partition coefficient (Wildman–Crippen LogP) is 2.06. The first-order valence-corrected chi connectivity index (χ1v) is 5.08. The molecule has 0 amide bonds. The van der Waals surface area contributed by atoms with Gasteiger partial charge in [-0.3, -0.25) is 0 Å². The summed E-state index contributed by atoms with van der Waals surface area (Å²) < 4.78 is 0. The van der Waals surface area contributed by atoms with E-state index in [1.165, 1.54) is 6.07 Å². The molecule has 0 spiro atoms. The Morgan fingerprint density at radius 2 is 1.87 bits per heavy atom. The lowest BCUT2D eigenvalue weighted by molar-refractivity contribution is -0.0439. The van der Waals surface area contributed by atoms with Gasteiger partial charge in [0, 0.05) is 5.56 Å². The van der Waals surface area contributed by atoms with Crippen LogP contribution >= 0.6 is 0 Å². The Bertz CT molecular complexity index is 343. The molecule has 0 atom stereocenters. The van der Waals surface area contributed by atoms with Gasteiger partial charge in [-0.25, -0.2) is 0 Å². The largest absolute Gasteiger partial charge is 0.507 e. The average Bonchev–Trinajstić information content (AvgIpc) is 2.17. The standard InChI is InChI=1S/C12H18O3/c1-4-12(2,3)8-5-6-10(13)9(7-8)11(14)15/h5-7,11,13-15H,4H2,1-3H3. The Labute approximate surface area is 90.0 Å². The molecule has 3 nitrogen and oxygen atoms in total. The van der Waals surface area contributed by atoms with Crippen molar-refractivity contribution in [3.05, 3.63) is 29.3 Å². The van der Waals surface area contributed by atoms with Crippen molar-refractivity contribution in [3.8, 4) is 5.75 Å². The van der Waals surface area contributed by atoms with Crippen molar-refractivity contribution in [3.63, 3.8) is 0 Å². The topological polar surface area (TPSA) is 60.7 Å². The summed E-state index contributed by atoms with van der Waals surface area (Å²) >= 11 is 0. The van der Waals surface area contributed by atoms with Gasteiger partial charge >= 0.3 is 0 Å². The van der Waals surface area contributed by atoms with Gasteiger partial charge in [-0.2, -0.15) is 0 Å². The number of aliphatic hydroxyl groups excluding tert-OH is 1. The number of hydrogen-bond acceptors (Lipinski definition) is 3. The maximum atomic E-state index is 9.42. The fourth-order valence-corrected chi connectivity index (χ4v) is 1.39. The van der Waals surface area contributed by atoms with Gasteiger partial charge in [-0.15, -0.1) is 0 Å². The van der Waals surface area contributed by atoms with Crippen LogP contribution in [0.25, 0.3) is 0 Å². The van der Waals surface area contributed by atoms with E-state index in [0.29, 0.717) is 0 Å². The summed E-state index contributed by atoms with van der Waals surface area (Å²) in [7, 11) is 0. The minimum Gasteiger partial charge on any atom is -0.507 e. The van der Waals surface area contributed by atoms with E-state index in [1.807, 2.05) is 6.07 Å². The van der Waals surface area contributed by atoms with Crippen LogP contribution in [0.5, 0.6) is 5.75 Å². The summed E-state index contributed by atoms with van der Waals surface area (Å²) in [6.07, 6.45) is -0.684. The second-order valence-electron chi connectivity index (χ2n) is 4.38. The van der Waals surface area contributed by atoms with Crippen LogP contribution in [0.4, 0.5) is 0 Å². The first-order valence-electron chi connectivity index (χ1n) is 5.08. The molecule has 0 radical (unpaired) electrons. The lowest BCUT2D eigenvalue weighted by Gasteiger charge is -2.24. The molecular formula is C12H18O3. The fourth-order valence-electron chi connectivity index (χ4n) is 1.39. The van der Waals surface area contributed by atoms with Crippen LogP contribution in [0.2, 0.25) is 0 Å². The number of phenolic OH excluding ortho intramolecular Hbond substituents is 1. The molecule has 0 aliphatic rings. The monoisotopic (exact) mass is 210 g/mol. The number of phenols is 1. The summed E-state index contributed by atoms with van der Waals surface area (Å²) in [6, 6.07) is 4.95. The molecule has 0 aliphatic carbocycles. The van der Waals surface area contributed by atoms with Gasteiger partial charge in [0.1, 0.15) is 5.75 Å². The van der Waals surface area contributed by atoms with E-state index >= 15 is 0 Å². The Morgan fingerprint density at radius 1 is 1.27 bits per heavy atom. The van der Waals surface area contributed by atoms with Crippen LogP contribution in [0.1, 0.15) is 44.6 Å². The van der Waals surface area contributed by atoms with E-state index in [1.54, 1.807) is 6.07 Å². The molecule has 3 N–H and O–H groups in total. The second-order valence-corrected chi connectivity index (χ2v) is 4.38. The normalized spacial score (nSPS) is 12.1. The molecule has 0 saturated carbocycles. The van der Waals surface area contributed by atoms with Gasteiger partial charge in [0.2, 0.25) is 0 Å². The highest BCUT2D eigenvalue weighted by Gasteiger charge is 2.20. The van der Waals surface area contributed by atoms with Crippen LogP contribution in [-0.2, 0) is 5.41 Å². The Morgan fingerprint density at radius 3 is 2.33 bits per heavy atom. The van der Waals surface area contributed by atoms with Gasteiger partial charge in [0.05, 0.1) is 0 Å². The molecule has 0 aliphatic heterocycles. The molecule has 0 saturated heterocycles. The van der Waals surface area contributed by atoms with E-state index in [9.17, 15) is 5.11 Å². The Hall–Kier alpha value is -1.06. The fraction of sp³-hybridized carbons (Fsp3) is 0.500. The van der Waals surface area contributed by atoms with Crippen LogP contribution in [0.15, 0.2) is 18.2 Å². The molecule has 1 aromatic carbocycles. The number of aliphatic hydroxyl groups is 2. The molecule has 0 bridgehead atoms. The van der Waals surface area contributed by atoms with E-state index in [-0.39, 0.29) is 16.7 Å². The maximum Gasteiger partial charge on any atom is 0.182 e. The zero-order chi connectivity index (χ0) is 11.6. The molecule has 3 heteroatoms. The lowest BCUT2D eigenvalue weighted by atomic mass is 9.81. The molecular weight excluding hydrogens is 192 g/mol. The first-order chi connectivity index (χ1) is 6.88. The van der Waals surface area contributed by atoms with Gasteiger partial charge < -0.3 is 15.3 Å². The molecule has 0 aromatic heterocycles. The minimum atomic E-state index is -1.63. The Kier molecular flexibility index (Phi) is 3.37. The van der Waals surface area contributed by atoms with Crippen molar-refractivity contribution in [1.29, 1.82) is 0 Å². The number of aromatic hydroxyl groups is 1. The number of benzene rings is 1. The third-order valence-electron chi connectivity index (χ3n) is 2.97. The third kappa shape index (κ3) is 2.49. The summed E-state index contributed by atoms with van der Waals surface area (Å²) in [5.41, 5.74) is 1.12. The summed E-state index contributed by atoms with van der Waals surface area (Å²) in [5.74, 6) is -0.0827. The molecule has 15 heavy (non-hydrogen) atoms. The van der Waals surface area contributed by atoms with Gasteiger partial charge in [0.15, 0.2) is 6.29 Å². The molecule has 0 fully saturated rings. The van der Waals surface area contributed by atoms with Crippen LogP contribution in [0, 0.1) is 0 Å². The van der Waals surface area contributed by atoms with Crippen molar-refractivity contribution in [1.82, 2.24) is 0 Å². The van der Waals surface area contributed by atoms with Crippen molar-refractivity contribution < 1.29 is 15.3 Å². The van der Waals surface area contributed by atoms with Gasteiger partial charge in [-0.05, 0) is 29.5 Å². The minimum absolute atomic E-state index is 0.0304. The lowest BCUT2D eigenvalue weighted by Crippen LogP contribution is -2.16. The summed E-state index contributed by atoms with van der Waals surface area (Å²) in [5, 5.41) is 27.5. The quantitative estimate of drug-likeness (QED) is 0.669. The molecule has 84 valence electrons. The van der Waals surface area contributed by atoms with Crippen molar-refractivity contribution in [2.45, 2.75) is 38.9 Å². The predicted molar refractivity (Wildman–Crippen MR) is 58.6 cm³/mol. The van der Waals surface area contributed by atoms with E-state index < -0.39 is 6.29 Å². The Balaban J connectivity index is 3.19. The van der Waals surface area contributed by atoms with Crippen LogP contribution in [0.3, 0.4) is 0 Å². The highest BCUT2D eigenvalue weighted by atomic mass is 16.5. The second kappa shape index (κ2) is 4.21. The van der Waals surface area contributed by atoms with E-state index in [0.717, 1.165) is 12.0 Å². The maximum absolute atomic E-state index is 9.42. The molecule has 1 rings (SSSR count). The van der Waals surface area contributed by atoms with Crippen LogP contribution < -0.4 is 0 Å². The highest BCUT2D eigenvalue weighted by Crippen LogP contribution is 2.32. The zero-order valence-electron chi connectivity index (χ0n) is 9.36. The van der Waals surface area contributed by atoms with Crippen molar-refractivity contribution >= 4 is 0 Å². The highest BCUT2D eigenvalue weighted by molar-refractivity contribution is 5.39. The molecule has 0 unspecified atom stereocenters. The summed E-state index contributed by atoms with van der Waals surface area (Å²) in [4.78, 5) is 0. The van der Waals surface area contributed by atoms with E-state index in [2.05, 4.69) is 20.8 Å². The van der Waals surface area contributed by atoms with Crippen molar-refractivity contribution in [2.24, 2.45) is 0 Å². The average molecular weight is 210 g/mol. The van der Waals surface area contributed by atoms with Gasteiger partial charge in [0.25, 0.3) is 0 Å².